The molecular formula is C9H9N3O2. The average Bonchev–Trinajstić information content (AvgIpc) is 2.49. The van der Waals surface area contributed by atoms with Crippen LogP contribution in [0, 0.1) is 0 Å². The third-order valence-corrected chi connectivity index (χ3v) is 1.98. The van der Waals surface area contributed by atoms with E-state index in [1.54, 1.807) is 0 Å². The van der Waals surface area contributed by atoms with Crippen molar-refractivity contribution in [3.63, 3.8) is 0 Å². The lowest BCUT2D eigenvalue weighted by atomic mass is 10.3. The molecule has 2 aromatic heterocycles. The summed E-state index contributed by atoms with van der Waals surface area (Å²) in [7, 11) is 1.84. The average molecular weight is 191 g/mol. The fourth-order valence-corrected chi connectivity index (χ4v) is 1.35. The van der Waals surface area contributed by atoms with E-state index >= 15 is 0 Å². The van der Waals surface area contributed by atoms with Gasteiger partial charge in [0.25, 0.3) is 5.56 Å². The van der Waals surface area contributed by atoms with Gasteiger partial charge < -0.3 is 9.55 Å². The molecule has 0 aliphatic rings. The van der Waals surface area contributed by atoms with Gasteiger partial charge in [0.2, 0.25) is 0 Å². The van der Waals surface area contributed by atoms with E-state index in [0.29, 0.717) is 5.69 Å². The zero-order valence-electron chi connectivity index (χ0n) is 7.57. The molecule has 2 heterocycles. The molecule has 0 unspecified atom stereocenters. The molecule has 0 radical (unpaired) electrons. The van der Waals surface area contributed by atoms with E-state index in [1.807, 2.05) is 29.9 Å². The molecule has 0 amide bonds. The van der Waals surface area contributed by atoms with Crippen LogP contribution in [-0.2, 0) is 7.05 Å². The number of hydrogen-bond acceptors (Lipinski definition) is 2. The number of nitrogens with one attached hydrogen (secondary N) is 2. The van der Waals surface area contributed by atoms with Crippen LogP contribution in [0.5, 0.6) is 0 Å². The first-order valence-corrected chi connectivity index (χ1v) is 4.12. The maximum Gasteiger partial charge on any atom is 0.326 e. The standard InChI is InChI=1S/C9H9N3O2/c1-12-4-2-3-7(12)6-5-8(13)11-9(14)10-6/h2-5H,1H3,(H2,10,11,13,14). The van der Waals surface area contributed by atoms with Crippen LogP contribution in [0.4, 0.5) is 0 Å². The lowest BCUT2D eigenvalue weighted by Crippen LogP contribution is -2.21. The third kappa shape index (κ3) is 1.39. The minimum absolute atomic E-state index is 0.398. The Labute approximate surface area is 79.0 Å². The van der Waals surface area contributed by atoms with Gasteiger partial charge in [0, 0.05) is 19.3 Å². The first kappa shape index (κ1) is 8.55. The number of aromatic nitrogens is 3. The quantitative estimate of drug-likeness (QED) is 0.669. The van der Waals surface area contributed by atoms with Crippen molar-refractivity contribution in [1.82, 2.24) is 14.5 Å². The van der Waals surface area contributed by atoms with Crippen molar-refractivity contribution in [3.8, 4) is 11.4 Å². The predicted molar refractivity (Wildman–Crippen MR) is 52.1 cm³/mol. The molecule has 0 spiro atoms. The summed E-state index contributed by atoms with van der Waals surface area (Å²) in [5, 5.41) is 0. The van der Waals surface area contributed by atoms with Crippen molar-refractivity contribution in [1.29, 1.82) is 0 Å². The van der Waals surface area contributed by atoms with Crippen LogP contribution >= 0.6 is 0 Å². The Morgan fingerprint density at radius 1 is 1.29 bits per heavy atom. The van der Waals surface area contributed by atoms with Crippen LogP contribution in [0.25, 0.3) is 11.4 Å². The van der Waals surface area contributed by atoms with Crippen LogP contribution in [0.1, 0.15) is 0 Å². The second kappa shape index (κ2) is 3.02. The van der Waals surface area contributed by atoms with Gasteiger partial charge in [-0.2, -0.15) is 0 Å². The molecule has 0 bridgehead atoms. The molecule has 2 aromatic rings. The van der Waals surface area contributed by atoms with Gasteiger partial charge in [-0.1, -0.05) is 0 Å². The molecule has 5 nitrogen and oxygen atoms in total. The summed E-state index contributed by atoms with van der Waals surface area (Å²) < 4.78 is 1.82. The zero-order valence-corrected chi connectivity index (χ0v) is 7.57. The van der Waals surface area contributed by atoms with Crippen molar-refractivity contribution in [2.45, 2.75) is 0 Å². The van der Waals surface area contributed by atoms with E-state index in [9.17, 15) is 9.59 Å². The summed E-state index contributed by atoms with van der Waals surface area (Å²) in [6, 6.07) is 5.02. The Kier molecular flexibility index (Phi) is 1.85. The molecule has 0 aliphatic heterocycles. The summed E-state index contributed by atoms with van der Waals surface area (Å²) in [5.41, 5.74) is 0.429. The van der Waals surface area contributed by atoms with Gasteiger partial charge in [0.05, 0.1) is 11.4 Å². The maximum absolute atomic E-state index is 11.0. The Morgan fingerprint density at radius 2 is 2.07 bits per heavy atom. The number of hydrogen-bond donors (Lipinski definition) is 2. The highest BCUT2D eigenvalue weighted by molar-refractivity contribution is 5.53. The second-order valence-electron chi connectivity index (χ2n) is 3.01. The van der Waals surface area contributed by atoms with Crippen molar-refractivity contribution in [3.05, 3.63) is 45.2 Å². The number of aryl methyl sites for hydroxylation is 1. The van der Waals surface area contributed by atoms with Gasteiger partial charge >= 0.3 is 5.69 Å². The summed E-state index contributed by atoms with van der Waals surface area (Å²) >= 11 is 0. The molecule has 0 aromatic carbocycles. The normalized spacial score (nSPS) is 10.4. The first-order valence-electron chi connectivity index (χ1n) is 4.12. The number of nitrogens with zero attached hydrogens (tertiary/aromatic N) is 1. The predicted octanol–water partition coefficient (Wildman–Crippen LogP) is 0.0687. The van der Waals surface area contributed by atoms with E-state index < -0.39 is 11.2 Å². The molecule has 2 N–H and O–H groups in total. The van der Waals surface area contributed by atoms with Crippen molar-refractivity contribution in [2.24, 2.45) is 7.05 Å². The molecule has 0 atom stereocenters. The van der Waals surface area contributed by atoms with Gasteiger partial charge in [-0.25, -0.2) is 4.79 Å². The molecule has 0 fully saturated rings. The maximum atomic E-state index is 11.0. The minimum atomic E-state index is -0.492. The molecule has 0 saturated carbocycles. The van der Waals surface area contributed by atoms with E-state index in [4.69, 9.17) is 0 Å². The highest BCUT2D eigenvalue weighted by Crippen LogP contribution is 2.12. The largest absolute Gasteiger partial charge is 0.349 e. The molecule has 5 heteroatoms. The van der Waals surface area contributed by atoms with E-state index in [0.717, 1.165) is 5.69 Å². The molecular weight excluding hydrogens is 182 g/mol. The van der Waals surface area contributed by atoms with E-state index in [1.165, 1.54) is 6.07 Å². The van der Waals surface area contributed by atoms with E-state index in [2.05, 4.69) is 9.97 Å². The minimum Gasteiger partial charge on any atom is -0.349 e. The zero-order chi connectivity index (χ0) is 10.1. The van der Waals surface area contributed by atoms with Gasteiger partial charge in [-0.05, 0) is 12.1 Å². The molecule has 2 rings (SSSR count). The number of H-pyrrole nitrogens is 2. The highest BCUT2D eigenvalue weighted by atomic mass is 16.2. The smallest absolute Gasteiger partial charge is 0.326 e. The Balaban J connectivity index is 2.69. The van der Waals surface area contributed by atoms with Gasteiger partial charge in [-0.3, -0.25) is 9.78 Å². The van der Waals surface area contributed by atoms with Gasteiger partial charge in [-0.15, -0.1) is 0 Å². The molecule has 0 saturated heterocycles. The Hall–Kier alpha value is -2.04. The summed E-state index contributed by atoms with van der Waals surface area (Å²) in [6.45, 7) is 0. The lowest BCUT2D eigenvalue weighted by Gasteiger charge is -2.01. The fraction of sp³-hybridized carbons (Fsp3) is 0.111. The molecule has 72 valence electrons. The van der Waals surface area contributed by atoms with Crippen LogP contribution in [0.2, 0.25) is 0 Å². The van der Waals surface area contributed by atoms with E-state index in [-0.39, 0.29) is 0 Å². The fourth-order valence-electron chi connectivity index (χ4n) is 1.35. The van der Waals surface area contributed by atoms with Crippen molar-refractivity contribution >= 4 is 0 Å². The lowest BCUT2D eigenvalue weighted by molar-refractivity contribution is 0.921. The van der Waals surface area contributed by atoms with Gasteiger partial charge in [0.1, 0.15) is 0 Å². The number of rotatable bonds is 1. The summed E-state index contributed by atoms with van der Waals surface area (Å²) in [4.78, 5) is 26.7. The summed E-state index contributed by atoms with van der Waals surface area (Å²) in [5.74, 6) is 0. The van der Waals surface area contributed by atoms with Crippen LogP contribution in [0.3, 0.4) is 0 Å². The Morgan fingerprint density at radius 3 is 2.64 bits per heavy atom. The number of aromatic amines is 2. The second-order valence-corrected chi connectivity index (χ2v) is 3.01. The summed E-state index contributed by atoms with van der Waals surface area (Å²) in [6.07, 6.45) is 1.84. The van der Waals surface area contributed by atoms with Crippen LogP contribution < -0.4 is 11.2 Å². The Bertz CT molecular complexity index is 533. The molecule has 0 aliphatic carbocycles. The first-order chi connectivity index (χ1) is 6.66. The van der Waals surface area contributed by atoms with Crippen LogP contribution in [-0.4, -0.2) is 14.5 Å². The van der Waals surface area contributed by atoms with Gasteiger partial charge in [0.15, 0.2) is 0 Å². The van der Waals surface area contributed by atoms with Crippen molar-refractivity contribution in [2.75, 3.05) is 0 Å². The highest BCUT2D eigenvalue weighted by Gasteiger charge is 2.02. The topological polar surface area (TPSA) is 70.7 Å². The van der Waals surface area contributed by atoms with Crippen LogP contribution in [0.15, 0.2) is 34.0 Å². The third-order valence-electron chi connectivity index (χ3n) is 1.98. The monoisotopic (exact) mass is 191 g/mol. The van der Waals surface area contributed by atoms with Crippen molar-refractivity contribution < 1.29 is 0 Å². The SMILES string of the molecule is Cn1cccc1-c1cc(=O)[nH]c(=O)[nH]1. The molecule has 14 heavy (non-hydrogen) atoms.